The molecule has 2 heterocycles. The molecule has 1 unspecified atom stereocenters. The number of carboxylic acids is 1. The number of ether oxygens (including phenoxy) is 1. The summed E-state index contributed by atoms with van der Waals surface area (Å²) in [7, 11) is 0. The van der Waals surface area contributed by atoms with Gasteiger partial charge in [0.25, 0.3) is 0 Å². The summed E-state index contributed by atoms with van der Waals surface area (Å²) in [5.74, 6) is -1.16. The van der Waals surface area contributed by atoms with Crippen molar-refractivity contribution in [3.63, 3.8) is 0 Å². The van der Waals surface area contributed by atoms with Gasteiger partial charge < -0.3 is 15.2 Å². The van der Waals surface area contributed by atoms with E-state index < -0.39 is 12.1 Å². The zero-order chi connectivity index (χ0) is 15.4. The lowest BCUT2D eigenvalue weighted by Gasteiger charge is -2.30. The fraction of sp³-hybridized carbons (Fsp3) is 0.417. The number of nitrogens with one attached hydrogen (secondary N) is 1. The zero-order valence-corrected chi connectivity index (χ0v) is 12.4. The number of carbonyl (C=O) groups is 2. The van der Waals surface area contributed by atoms with Crippen molar-refractivity contribution in [2.75, 3.05) is 31.6 Å². The minimum absolute atomic E-state index is 0.0355. The Balaban J connectivity index is 1.91. The standard InChI is InChI=1S/C12H13Cl2N3O4/c13-7-3-8(14)11(15-4-7)16-10(18)6-17-1-2-21-9(5-17)12(19)20/h3-4,9H,1-2,5-6H2,(H,19,20)(H,15,16,18). The van der Waals surface area contributed by atoms with Gasteiger partial charge in [0.1, 0.15) is 0 Å². The molecule has 1 atom stereocenters. The van der Waals surface area contributed by atoms with E-state index in [1.165, 1.54) is 12.3 Å². The molecule has 1 aromatic rings. The van der Waals surface area contributed by atoms with Gasteiger partial charge in [-0.15, -0.1) is 0 Å². The van der Waals surface area contributed by atoms with Gasteiger partial charge in [-0.25, -0.2) is 9.78 Å². The van der Waals surface area contributed by atoms with Crippen LogP contribution in [0.25, 0.3) is 0 Å². The molecule has 0 radical (unpaired) electrons. The summed E-state index contributed by atoms with van der Waals surface area (Å²) in [5, 5.41) is 12.1. The fourth-order valence-corrected chi connectivity index (χ4v) is 2.30. The number of carboxylic acid groups (broad SMARTS) is 1. The van der Waals surface area contributed by atoms with Gasteiger partial charge in [0.2, 0.25) is 5.91 Å². The molecule has 0 bridgehead atoms. The highest BCUT2D eigenvalue weighted by Crippen LogP contribution is 2.22. The summed E-state index contributed by atoms with van der Waals surface area (Å²) in [5.41, 5.74) is 0. The molecule has 1 saturated heterocycles. The second kappa shape index (κ2) is 7.04. The number of rotatable bonds is 4. The van der Waals surface area contributed by atoms with Crippen molar-refractivity contribution in [1.29, 1.82) is 0 Å². The Labute approximate surface area is 130 Å². The number of nitrogens with zero attached hydrogens (tertiary/aromatic N) is 2. The number of amides is 1. The Hall–Kier alpha value is -1.41. The summed E-state index contributed by atoms with van der Waals surface area (Å²) in [6.07, 6.45) is 0.460. The minimum atomic E-state index is -1.04. The lowest BCUT2D eigenvalue weighted by molar-refractivity contribution is -0.156. The summed E-state index contributed by atoms with van der Waals surface area (Å²) in [6, 6.07) is 1.47. The van der Waals surface area contributed by atoms with Gasteiger partial charge in [0, 0.05) is 19.3 Å². The maximum absolute atomic E-state index is 11.9. The lowest BCUT2D eigenvalue weighted by Crippen LogP contribution is -2.48. The number of pyridine rings is 1. The predicted octanol–water partition coefficient (Wildman–Crippen LogP) is 1.11. The first kappa shape index (κ1) is 16.0. The molecule has 1 fully saturated rings. The molecule has 1 aromatic heterocycles. The molecule has 1 amide bonds. The molecule has 1 aliphatic rings. The Bertz CT molecular complexity index is 555. The predicted molar refractivity (Wildman–Crippen MR) is 76.7 cm³/mol. The molecule has 0 saturated carbocycles. The number of aliphatic carboxylic acids is 1. The highest BCUT2D eigenvalue weighted by molar-refractivity contribution is 6.36. The van der Waals surface area contributed by atoms with Gasteiger partial charge in [-0.1, -0.05) is 23.2 Å². The molecule has 9 heteroatoms. The van der Waals surface area contributed by atoms with E-state index in [1.807, 2.05) is 0 Å². The molecule has 0 aliphatic carbocycles. The summed E-state index contributed by atoms with van der Waals surface area (Å²) in [4.78, 5) is 28.4. The number of hydrogen-bond donors (Lipinski definition) is 2. The van der Waals surface area contributed by atoms with Crippen LogP contribution in [0.2, 0.25) is 10.0 Å². The van der Waals surface area contributed by atoms with Crippen molar-refractivity contribution in [3.8, 4) is 0 Å². The van der Waals surface area contributed by atoms with E-state index in [0.29, 0.717) is 11.6 Å². The number of hydrogen-bond acceptors (Lipinski definition) is 5. The minimum Gasteiger partial charge on any atom is -0.479 e. The van der Waals surface area contributed by atoms with Gasteiger partial charge in [0.15, 0.2) is 11.9 Å². The molecule has 1 aliphatic heterocycles. The van der Waals surface area contributed by atoms with Crippen molar-refractivity contribution in [3.05, 3.63) is 22.3 Å². The van der Waals surface area contributed by atoms with Crippen LogP contribution >= 0.6 is 23.2 Å². The number of halogens is 2. The van der Waals surface area contributed by atoms with E-state index in [4.69, 9.17) is 33.0 Å². The molecule has 2 N–H and O–H groups in total. The lowest BCUT2D eigenvalue weighted by atomic mass is 10.2. The summed E-state index contributed by atoms with van der Waals surface area (Å²) < 4.78 is 5.08. The number of anilines is 1. The molecule has 0 aromatic carbocycles. The van der Waals surface area contributed by atoms with Crippen molar-refractivity contribution < 1.29 is 19.4 Å². The van der Waals surface area contributed by atoms with Crippen molar-refractivity contribution >= 4 is 40.9 Å². The van der Waals surface area contributed by atoms with Crippen LogP contribution in [0.5, 0.6) is 0 Å². The Morgan fingerprint density at radius 1 is 1.52 bits per heavy atom. The van der Waals surface area contributed by atoms with E-state index in [0.717, 1.165) is 0 Å². The van der Waals surface area contributed by atoms with Crippen LogP contribution in [0.3, 0.4) is 0 Å². The third-order valence-electron chi connectivity index (χ3n) is 2.86. The monoisotopic (exact) mass is 333 g/mol. The van der Waals surface area contributed by atoms with Gasteiger partial charge >= 0.3 is 5.97 Å². The normalized spacial score (nSPS) is 19.2. The van der Waals surface area contributed by atoms with Crippen LogP contribution in [-0.2, 0) is 14.3 Å². The second-order valence-corrected chi connectivity index (χ2v) is 5.31. The average Bonchev–Trinajstić information content (AvgIpc) is 2.42. The topological polar surface area (TPSA) is 91.8 Å². The van der Waals surface area contributed by atoms with Crippen molar-refractivity contribution in [2.45, 2.75) is 6.10 Å². The number of morpholine rings is 1. The van der Waals surface area contributed by atoms with Gasteiger partial charge in [-0.2, -0.15) is 0 Å². The SMILES string of the molecule is O=C(CN1CCOC(C(=O)O)C1)Nc1ncc(Cl)cc1Cl. The molecule has 114 valence electrons. The summed E-state index contributed by atoms with van der Waals surface area (Å²) >= 11 is 11.6. The largest absolute Gasteiger partial charge is 0.479 e. The maximum atomic E-state index is 11.9. The van der Waals surface area contributed by atoms with Crippen LogP contribution in [0, 0.1) is 0 Å². The molecule has 21 heavy (non-hydrogen) atoms. The van der Waals surface area contributed by atoms with Crippen LogP contribution in [0.1, 0.15) is 0 Å². The first-order chi connectivity index (χ1) is 9.95. The van der Waals surface area contributed by atoms with Gasteiger partial charge in [-0.05, 0) is 6.07 Å². The number of carbonyl (C=O) groups excluding carboxylic acids is 1. The van der Waals surface area contributed by atoms with Gasteiger partial charge in [-0.3, -0.25) is 9.69 Å². The van der Waals surface area contributed by atoms with Crippen LogP contribution in [0.4, 0.5) is 5.82 Å². The van der Waals surface area contributed by atoms with Crippen LogP contribution in [-0.4, -0.2) is 59.2 Å². The van der Waals surface area contributed by atoms with Crippen molar-refractivity contribution in [1.82, 2.24) is 9.88 Å². The van der Waals surface area contributed by atoms with E-state index >= 15 is 0 Å². The van der Waals surface area contributed by atoms with E-state index in [1.54, 1.807) is 4.90 Å². The van der Waals surface area contributed by atoms with Crippen LogP contribution in [0.15, 0.2) is 12.3 Å². The first-order valence-electron chi connectivity index (χ1n) is 6.13. The van der Waals surface area contributed by atoms with Crippen molar-refractivity contribution in [2.24, 2.45) is 0 Å². The smallest absolute Gasteiger partial charge is 0.334 e. The highest BCUT2D eigenvalue weighted by atomic mass is 35.5. The molecular weight excluding hydrogens is 321 g/mol. The first-order valence-corrected chi connectivity index (χ1v) is 6.89. The maximum Gasteiger partial charge on any atom is 0.334 e. The van der Waals surface area contributed by atoms with E-state index in [9.17, 15) is 9.59 Å². The highest BCUT2D eigenvalue weighted by Gasteiger charge is 2.27. The molecule has 0 spiro atoms. The quantitative estimate of drug-likeness (QED) is 0.857. The average molecular weight is 334 g/mol. The van der Waals surface area contributed by atoms with Crippen LogP contribution < -0.4 is 5.32 Å². The molecular formula is C12H13Cl2N3O4. The Kier molecular flexibility index (Phi) is 5.35. The Morgan fingerprint density at radius 2 is 2.29 bits per heavy atom. The fourth-order valence-electron chi connectivity index (χ4n) is 1.88. The zero-order valence-electron chi connectivity index (χ0n) is 10.9. The van der Waals surface area contributed by atoms with Gasteiger partial charge in [0.05, 0.1) is 23.2 Å². The third-order valence-corrected chi connectivity index (χ3v) is 3.35. The number of aromatic nitrogens is 1. The Morgan fingerprint density at radius 3 is 2.95 bits per heavy atom. The summed E-state index contributed by atoms with van der Waals surface area (Å²) in [6.45, 7) is 0.946. The second-order valence-electron chi connectivity index (χ2n) is 4.46. The van der Waals surface area contributed by atoms with E-state index in [-0.39, 0.29) is 36.4 Å². The molecule has 2 rings (SSSR count). The third kappa shape index (κ3) is 4.53. The molecule has 7 nitrogen and oxygen atoms in total. The van der Waals surface area contributed by atoms with E-state index in [2.05, 4.69) is 10.3 Å².